The zero-order valence-corrected chi connectivity index (χ0v) is 10.8. The number of hydrogen-bond acceptors (Lipinski definition) is 2. The van der Waals surface area contributed by atoms with E-state index < -0.39 is 0 Å². The van der Waals surface area contributed by atoms with Crippen LogP contribution in [0.25, 0.3) is 0 Å². The van der Waals surface area contributed by atoms with Crippen LogP contribution >= 0.6 is 0 Å². The molecule has 3 saturated heterocycles. The van der Waals surface area contributed by atoms with Gasteiger partial charge in [-0.3, -0.25) is 0 Å². The van der Waals surface area contributed by atoms with Crippen LogP contribution in [0.1, 0.15) is 13.3 Å². The van der Waals surface area contributed by atoms with E-state index in [1.165, 1.54) is 56.7 Å². The molecule has 3 heterocycles. The molecule has 3 unspecified atom stereocenters. The van der Waals surface area contributed by atoms with Crippen molar-refractivity contribution < 1.29 is 4.48 Å². The fourth-order valence-corrected chi connectivity index (χ4v) is 3.89. The second-order valence-corrected chi connectivity index (χ2v) is 6.58. The molecule has 0 aliphatic carbocycles. The molecule has 92 valence electrons. The SMILES string of the molecule is CC1CC(C2C[N+]3(CCN2)CC3)CN(C)C1. The minimum Gasteiger partial charge on any atom is -0.312 e. The first-order valence-corrected chi connectivity index (χ1v) is 6.94. The summed E-state index contributed by atoms with van der Waals surface area (Å²) in [7, 11) is 2.28. The Bertz CT molecular complexity index is 252. The van der Waals surface area contributed by atoms with E-state index in [1.54, 1.807) is 0 Å². The van der Waals surface area contributed by atoms with E-state index in [-0.39, 0.29) is 0 Å². The van der Waals surface area contributed by atoms with Gasteiger partial charge in [-0.15, -0.1) is 0 Å². The van der Waals surface area contributed by atoms with Crippen LogP contribution < -0.4 is 5.32 Å². The highest BCUT2D eigenvalue weighted by molar-refractivity contribution is 4.87. The van der Waals surface area contributed by atoms with Gasteiger partial charge in [0.05, 0.1) is 19.1 Å². The summed E-state index contributed by atoms with van der Waals surface area (Å²) in [4.78, 5) is 2.53. The molecule has 0 radical (unpaired) electrons. The van der Waals surface area contributed by atoms with Gasteiger partial charge in [0.1, 0.15) is 13.1 Å². The molecule has 0 aromatic heterocycles. The van der Waals surface area contributed by atoms with Gasteiger partial charge in [0.15, 0.2) is 0 Å². The third kappa shape index (κ3) is 2.13. The summed E-state index contributed by atoms with van der Waals surface area (Å²) in [5.41, 5.74) is 0. The predicted octanol–water partition coefficient (Wildman–Crippen LogP) is 0.376. The maximum Gasteiger partial charge on any atom is 0.129 e. The molecule has 3 rings (SSSR count). The Morgan fingerprint density at radius 3 is 2.69 bits per heavy atom. The molecule has 3 heteroatoms. The first kappa shape index (κ1) is 11.0. The van der Waals surface area contributed by atoms with Crippen molar-refractivity contribution in [3.63, 3.8) is 0 Å². The van der Waals surface area contributed by atoms with Crippen LogP contribution in [0.5, 0.6) is 0 Å². The molecule has 0 aromatic rings. The van der Waals surface area contributed by atoms with Crippen LogP contribution in [0, 0.1) is 11.8 Å². The molecular formula is C13H26N3+. The number of hydrogen-bond donors (Lipinski definition) is 1. The van der Waals surface area contributed by atoms with Gasteiger partial charge in [-0.2, -0.15) is 0 Å². The molecule has 0 amide bonds. The zero-order chi connectivity index (χ0) is 11.2. The van der Waals surface area contributed by atoms with Gasteiger partial charge in [-0.05, 0) is 25.3 Å². The highest BCUT2D eigenvalue weighted by Crippen LogP contribution is 2.30. The predicted molar refractivity (Wildman–Crippen MR) is 66.3 cm³/mol. The fourth-order valence-electron chi connectivity index (χ4n) is 3.89. The molecular weight excluding hydrogens is 198 g/mol. The number of quaternary nitrogens is 1. The minimum atomic E-state index is 0.793. The Morgan fingerprint density at radius 2 is 2.00 bits per heavy atom. The molecule has 3 atom stereocenters. The maximum absolute atomic E-state index is 3.78. The average Bonchev–Trinajstić information content (AvgIpc) is 2.96. The standard InChI is InChI=1S/C13H26N3/c1-11-7-12(9-15(2)8-11)13-10-16(5-6-16)4-3-14-13/h11-14H,3-10H2,1-2H3/q+1. The summed E-state index contributed by atoms with van der Waals surface area (Å²) in [5, 5.41) is 3.78. The van der Waals surface area contributed by atoms with Gasteiger partial charge < -0.3 is 14.7 Å². The topological polar surface area (TPSA) is 15.3 Å². The van der Waals surface area contributed by atoms with Crippen LogP contribution in [0.3, 0.4) is 0 Å². The van der Waals surface area contributed by atoms with Crippen molar-refractivity contribution in [2.45, 2.75) is 19.4 Å². The van der Waals surface area contributed by atoms with E-state index in [2.05, 4.69) is 24.2 Å². The molecule has 1 N–H and O–H groups in total. The Morgan fingerprint density at radius 1 is 1.19 bits per heavy atom. The van der Waals surface area contributed by atoms with Crippen molar-refractivity contribution >= 4 is 0 Å². The van der Waals surface area contributed by atoms with E-state index in [0.717, 1.165) is 17.9 Å². The Hall–Kier alpha value is -0.120. The smallest absolute Gasteiger partial charge is 0.129 e. The number of nitrogens with one attached hydrogen (secondary N) is 1. The van der Waals surface area contributed by atoms with Gasteiger partial charge >= 0.3 is 0 Å². The lowest BCUT2D eigenvalue weighted by Gasteiger charge is -2.41. The monoisotopic (exact) mass is 224 g/mol. The second kappa shape index (κ2) is 3.97. The van der Waals surface area contributed by atoms with Crippen LogP contribution in [-0.4, -0.2) is 68.3 Å². The molecule has 16 heavy (non-hydrogen) atoms. The normalized spacial score (nSPS) is 43.5. The number of piperidine rings is 1. The second-order valence-electron chi connectivity index (χ2n) is 6.58. The Kier molecular flexibility index (Phi) is 2.73. The minimum absolute atomic E-state index is 0.793. The summed E-state index contributed by atoms with van der Waals surface area (Å²) >= 11 is 0. The van der Waals surface area contributed by atoms with E-state index in [4.69, 9.17) is 0 Å². The number of nitrogens with zero attached hydrogens (tertiary/aromatic N) is 2. The number of rotatable bonds is 1. The lowest BCUT2D eigenvalue weighted by molar-refractivity contribution is -0.806. The average molecular weight is 224 g/mol. The third-order valence-corrected chi connectivity index (χ3v) is 4.88. The quantitative estimate of drug-likeness (QED) is 0.512. The van der Waals surface area contributed by atoms with Crippen LogP contribution in [0.2, 0.25) is 0 Å². The Labute approximate surface area is 99.4 Å². The van der Waals surface area contributed by atoms with Crippen molar-refractivity contribution in [1.29, 1.82) is 0 Å². The summed E-state index contributed by atoms with van der Waals surface area (Å²) in [5.74, 6) is 1.78. The van der Waals surface area contributed by atoms with E-state index in [0.29, 0.717) is 0 Å². The van der Waals surface area contributed by atoms with Crippen LogP contribution in [-0.2, 0) is 0 Å². The van der Waals surface area contributed by atoms with Crippen molar-refractivity contribution in [1.82, 2.24) is 10.2 Å². The molecule has 1 spiro atoms. The van der Waals surface area contributed by atoms with Gasteiger partial charge in [-0.1, -0.05) is 6.92 Å². The zero-order valence-electron chi connectivity index (χ0n) is 10.8. The highest BCUT2D eigenvalue weighted by Gasteiger charge is 2.47. The highest BCUT2D eigenvalue weighted by atomic mass is 15.5. The maximum atomic E-state index is 3.78. The van der Waals surface area contributed by atoms with E-state index in [9.17, 15) is 0 Å². The van der Waals surface area contributed by atoms with Crippen molar-refractivity contribution in [2.75, 3.05) is 52.9 Å². The lowest BCUT2D eigenvalue weighted by atomic mass is 9.84. The molecule has 0 bridgehead atoms. The Balaban J connectivity index is 1.63. The van der Waals surface area contributed by atoms with Crippen molar-refractivity contribution in [2.24, 2.45) is 11.8 Å². The van der Waals surface area contributed by atoms with Gasteiger partial charge in [-0.25, -0.2) is 0 Å². The fraction of sp³-hybridized carbons (Fsp3) is 1.00. The van der Waals surface area contributed by atoms with Gasteiger partial charge in [0.2, 0.25) is 0 Å². The molecule has 3 fully saturated rings. The first-order valence-electron chi connectivity index (χ1n) is 6.94. The van der Waals surface area contributed by atoms with Crippen molar-refractivity contribution in [3.8, 4) is 0 Å². The summed E-state index contributed by atoms with van der Waals surface area (Å²) in [6.07, 6.45) is 1.43. The molecule has 0 aromatic carbocycles. The van der Waals surface area contributed by atoms with Gasteiger partial charge in [0.25, 0.3) is 0 Å². The van der Waals surface area contributed by atoms with Gasteiger partial charge in [0, 0.05) is 19.6 Å². The molecule has 0 saturated carbocycles. The van der Waals surface area contributed by atoms with E-state index >= 15 is 0 Å². The van der Waals surface area contributed by atoms with Crippen LogP contribution in [0.4, 0.5) is 0 Å². The summed E-state index contributed by atoms with van der Waals surface area (Å²) in [6.45, 7) is 12.0. The molecule has 3 aliphatic rings. The largest absolute Gasteiger partial charge is 0.312 e. The first-order chi connectivity index (χ1) is 7.67. The van der Waals surface area contributed by atoms with Crippen molar-refractivity contribution in [3.05, 3.63) is 0 Å². The molecule has 3 nitrogen and oxygen atoms in total. The summed E-state index contributed by atoms with van der Waals surface area (Å²) in [6, 6.07) is 0.793. The van der Waals surface area contributed by atoms with E-state index in [1.807, 2.05) is 0 Å². The summed E-state index contributed by atoms with van der Waals surface area (Å²) < 4.78 is 1.44. The molecule has 3 aliphatic heterocycles. The van der Waals surface area contributed by atoms with Crippen LogP contribution in [0.15, 0.2) is 0 Å². The number of likely N-dealkylation sites (tertiary alicyclic amines) is 1. The number of piperazine rings is 1. The third-order valence-electron chi connectivity index (χ3n) is 4.88. The lowest BCUT2D eigenvalue weighted by Crippen LogP contribution is -2.58.